The highest BCUT2D eigenvalue weighted by Crippen LogP contribution is 2.31. The summed E-state index contributed by atoms with van der Waals surface area (Å²) in [5.41, 5.74) is 1.92. The van der Waals surface area contributed by atoms with Crippen LogP contribution < -0.4 is 4.74 Å². The second-order valence-electron chi connectivity index (χ2n) is 5.36. The van der Waals surface area contributed by atoms with Gasteiger partial charge in [0, 0.05) is 17.0 Å². The van der Waals surface area contributed by atoms with E-state index in [0.717, 1.165) is 33.7 Å². The summed E-state index contributed by atoms with van der Waals surface area (Å²) in [5.74, 6) is 0.297. The number of rotatable bonds is 6. The smallest absolute Gasteiger partial charge is 0.330 e. The quantitative estimate of drug-likeness (QED) is 0.490. The minimum atomic E-state index is -0.447. The average molecular weight is 318 g/mol. The minimum absolute atomic E-state index is 0.153. The standard InChI is InChI=1S/C21H18O3/c1-2-20(22)23-15-18-13-12-17-10-6-7-11-19(17)21(18)24-14-16-8-4-3-5-9-16/h2-13H,1,14-15H2. The van der Waals surface area contributed by atoms with Crippen molar-refractivity contribution in [2.24, 2.45) is 0 Å². The third-order valence-corrected chi connectivity index (χ3v) is 3.72. The molecule has 3 aromatic carbocycles. The highest BCUT2D eigenvalue weighted by molar-refractivity contribution is 5.89. The van der Waals surface area contributed by atoms with Crippen LogP contribution in [-0.2, 0) is 22.7 Å². The van der Waals surface area contributed by atoms with E-state index in [4.69, 9.17) is 9.47 Å². The van der Waals surface area contributed by atoms with Gasteiger partial charge in [-0.25, -0.2) is 4.79 Å². The summed E-state index contributed by atoms with van der Waals surface area (Å²) in [5, 5.41) is 2.08. The lowest BCUT2D eigenvalue weighted by Crippen LogP contribution is -2.04. The van der Waals surface area contributed by atoms with E-state index < -0.39 is 5.97 Å². The average Bonchev–Trinajstić information content (AvgIpc) is 2.65. The van der Waals surface area contributed by atoms with E-state index in [9.17, 15) is 4.79 Å². The van der Waals surface area contributed by atoms with E-state index in [1.165, 1.54) is 0 Å². The fourth-order valence-corrected chi connectivity index (χ4v) is 2.51. The van der Waals surface area contributed by atoms with Gasteiger partial charge in [-0.2, -0.15) is 0 Å². The molecule has 0 spiro atoms. The maximum atomic E-state index is 11.4. The number of carbonyl (C=O) groups excluding carboxylic acids is 1. The van der Waals surface area contributed by atoms with Crippen LogP contribution in [0, 0.1) is 0 Å². The summed E-state index contributed by atoms with van der Waals surface area (Å²) in [7, 11) is 0. The van der Waals surface area contributed by atoms with Gasteiger partial charge in [0.15, 0.2) is 0 Å². The zero-order chi connectivity index (χ0) is 16.8. The summed E-state index contributed by atoms with van der Waals surface area (Å²) in [6.07, 6.45) is 1.16. The largest absolute Gasteiger partial charge is 0.488 e. The van der Waals surface area contributed by atoms with E-state index in [1.807, 2.05) is 66.7 Å². The number of hydrogen-bond donors (Lipinski definition) is 0. The van der Waals surface area contributed by atoms with Crippen LogP contribution in [0.4, 0.5) is 0 Å². The third kappa shape index (κ3) is 3.63. The Morgan fingerprint density at radius 1 is 0.917 bits per heavy atom. The summed E-state index contributed by atoms with van der Waals surface area (Å²) < 4.78 is 11.3. The second kappa shape index (κ2) is 7.47. The first-order chi connectivity index (χ1) is 11.8. The molecule has 0 aliphatic rings. The molecule has 0 amide bonds. The van der Waals surface area contributed by atoms with E-state index in [-0.39, 0.29) is 6.61 Å². The van der Waals surface area contributed by atoms with Crippen molar-refractivity contribution in [2.75, 3.05) is 0 Å². The van der Waals surface area contributed by atoms with Gasteiger partial charge in [0.1, 0.15) is 19.0 Å². The van der Waals surface area contributed by atoms with Crippen LogP contribution >= 0.6 is 0 Å². The molecule has 0 unspecified atom stereocenters. The molecule has 3 nitrogen and oxygen atoms in total. The summed E-state index contributed by atoms with van der Waals surface area (Å²) in [6.45, 7) is 4.02. The van der Waals surface area contributed by atoms with Crippen molar-refractivity contribution in [3.8, 4) is 5.75 Å². The lowest BCUT2D eigenvalue weighted by molar-refractivity contribution is -0.139. The van der Waals surface area contributed by atoms with Crippen LogP contribution in [0.3, 0.4) is 0 Å². The molecule has 0 aliphatic heterocycles. The fraction of sp³-hybridized carbons (Fsp3) is 0.0952. The SMILES string of the molecule is C=CC(=O)OCc1ccc2ccccc2c1OCc1ccccc1. The molecule has 0 radical (unpaired) electrons. The van der Waals surface area contributed by atoms with Gasteiger partial charge < -0.3 is 9.47 Å². The van der Waals surface area contributed by atoms with E-state index in [2.05, 4.69) is 6.58 Å². The first-order valence-electron chi connectivity index (χ1n) is 7.74. The highest BCUT2D eigenvalue weighted by Gasteiger charge is 2.11. The fourth-order valence-electron chi connectivity index (χ4n) is 2.51. The molecule has 3 heteroatoms. The molecule has 120 valence electrons. The number of fused-ring (bicyclic) bond motifs is 1. The Kier molecular flexibility index (Phi) is 4.92. The Morgan fingerprint density at radius 2 is 1.67 bits per heavy atom. The zero-order valence-corrected chi connectivity index (χ0v) is 13.3. The molecule has 0 saturated carbocycles. The van der Waals surface area contributed by atoms with E-state index in [1.54, 1.807) is 0 Å². The molecule has 0 aromatic heterocycles. The van der Waals surface area contributed by atoms with Crippen molar-refractivity contribution in [1.29, 1.82) is 0 Å². The number of carbonyl (C=O) groups is 1. The summed E-state index contributed by atoms with van der Waals surface area (Å²) in [4.78, 5) is 11.4. The van der Waals surface area contributed by atoms with Crippen LogP contribution in [0.15, 0.2) is 79.4 Å². The Morgan fingerprint density at radius 3 is 2.46 bits per heavy atom. The molecule has 0 N–H and O–H groups in total. The van der Waals surface area contributed by atoms with Gasteiger partial charge in [-0.05, 0) is 10.9 Å². The van der Waals surface area contributed by atoms with Crippen molar-refractivity contribution in [3.63, 3.8) is 0 Å². The van der Waals surface area contributed by atoms with Crippen LogP contribution in [0.2, 0.25) is 0 Å². The van der Waals surface area contributed by atoms with Crippen LogP contribution in [0.1, 0.15) is 11.1 Å². The number of ether oxygens (including phenoxy) is 2. The first kappa shape index (κ1) is 15.8. The van der Waals surface area contributed by atoms with Crippen molar-refractivity contribution >= 4 is 16.7 Å². The Balaban J connectivity index is 1.91. The number of benzene rings is 3. The zero-order valence-electron chi connectivity index (χ0n) is 13.3. The van der Waals surface area contributed by atoms with Gasteiger partial charge in [0.25, 0.3) is 0 Å². The molecule has 0 heterocycles. The first-order valence-corrected chi connectivity index (χ1v) is 7.74. The van der Waals surface area contributed by atoms with Crippen molar-refractivity contribution in [3.05, 3.63) is 90.5 Å². The number of esters is 1. The van der Waals surface area contributed by atoms with Crippen molar-refractivity contribution in [2.45, 2.75) is 13.2 Å². The second-order valence-corrected chi connectivity index (χ2v) is 5.36. The van der Waals surface area contributed by atoms with Crippen LogP contribution in [0.5, 0.6) is 5.75 Å². The third-order valence-electron chi connectivity index (χ3n) is 3.72. The monoisotopic (exact) mass is 318 g/mol. The van der Waals surface area contributed by atoms with Crippen LogP contribution in [-0.4, -0.2) is 5.97 Å². The Labute approximate surface area is 141 Å². The molecule has 3 rings (SSSR count). The molecule has 0 bridgehead atoms. The normalized spacial score (nSPS) is 10.3. The van der Waals surface area contributed by atoms with Crippen molar-refractivity contribution < 1.29 is 14.3 Å². The maximum absolute atomic E-state index is 11.4. The molecule has 0 fully saturated rings. The molecule has 0 saturated heterocycles. The van der Waals surface area contributed by atoms with Crippen molar-refractivity contribution in [1.82, 2.24) is 0 Å². The lowest BCUT2D eigenvalue weighted by Gasteiger charge is -2.14. The van der Waals surface area contributed by atoms with Gasteiger partial charge in [0.05, 0.1) is 0 Å². The van der Waals surface area contributed by atoms with Crippen LogP contribution in [0.25, 0.3) is 10.8 Å². The Bertz CT molecular complexity index is 853. The predicted molar refractivity (Wildman–Crippen MR) is 94.7 cm³/mol. The molecular weight excluding hydrogens is 300 g/mol. The Hall–Kier alpha value is -3.07. The number of hydrogen-bond acceptors (Lipinski definition) is 3. The maximum Gasteiger partial charge on any atom is 0.330 e. The van der Waals surface area contributed by atoms with Gasteiger partial charge in [-0.3, -0.25) is 0 Å². The lowest BCUT2D eigenvalue weighted by atomic mass is 10.1. The van der Waals surface area contributed by atoms with E-state index in [0.29, 0.717) is 6.61 Å². The highest BCUT2D eigenvalue weighted by atomic mass is 16.5. The van der Waals surface area contributed by atoms with Gasteiger partial charge in [0.2, 0.25) is 0 Å². The van der Waals surface area contributed by atoms with Gasteiger partial charge in [-0.1, -0.05) is 73.3 Å². The summed E-state index contributed by atoms with van der Waals surface area (Å²) in [6, 6.07) is 21.9. The molecular formula is C21H18O3. The molecule has 24 heavy (non-hydrogen) atoms. The van der Waals surface area contributed by atoms with Gasteiger partial charge in [-0.15, -0.1) is 0 Å². The summed E-state index contributed by atoms with van der Waals surface area (Å²) >= 11 is 0. The minimum Gasteiger partial charge on any atom is -0.488 e. The molecule has 0 atom stereocenters. The van der Waals surface area contributed by atoms with Gasteiger partial charge >= 0.3 is 5.97 Å². The predicted octanol–water partition coefficient (Wildman–Crippen LogP) is 4.65. The topological polar surface area (TPSA) is 35.5 Å². The molecule has 3 aromatic rings. The van der Waals surface area contributed by atoms with E-state index >= 15 is 0 Å². The molecule has 0 aliphatic carbocycles.